The lowest BCUT2D eigenvalue weighted by atomic mass is 9.74. The molecular formula is C15H24BrNS. The summed E-state index contributed by atoms with van der Waals surface area (Å²) in [5.74, 6) is 2.46. The molecule has 1 heterocycles. The molecule has 0 aromatic carbocycles. The molecule has 18 heavy (non-hydrogen) atoms. The van der Waals surface area contributed by atoms with E-state index < -0.39 is 0 Å². The fourth-order valence-corrected chi connectivity index (χ4v) is 4.92. The summed E-state index contributed by atoms with van der Waals surface area (Å²) in [5.41, 5.74) is 0. The molecule has 3 unspecified atom stereocenters. The number of hydrogen-bond donors (Lipinski definition) is 1. The number of hydrogen-bond acceptors (Lipinski definition) is 2. The summed E-state index contributed by atoms with van der Waals surface area (Å²) in [6, 6.07) is 2.20. The summed E-state index contributed by atoms with van der Waals surface area (Å²) < 4.78 is 1.33. The average molecular weight is 330 g/mol. The van der Waals surface area contributed by atoms with Crippen molar-refractivity contribution < 1.29 is 0 Å². The Bertz CT molecular complexity index is 363. The zero-order chi connectivity index (χ0) is 13.0. The van der Waals surface area contributed by atoms with Crippen molar-refractivity contribution in [3.63, 3.8) is 0 Å². The Balaban J connectivity index is 2.04. The van der Waals surface area contributed by atoms with Crippen LogP contribution in [-0.2, 0) is 0 Å². The van der Waals surface area contributed by atoms with E-state index in [1.807, 2.05) is 11.3 Å². The largest absolute Gasteiger partial charge is 0.316 e. The number of nitrogens with one attached hydrogen (secondary N) is 1. The van der Waals surface area contributed by atoms with E-state index in [0.717, 1.165) is 24.3 Å². The summed E-state index contributed by atoms with van der Waals surface area (Å²) >= 11 is 5.65. The molecule has 3 heteroatoms. The van der Waals surface area contributed by atoms with Gasteiger partial charge in [0.15, 0.2) is 0 Å². The molecule has 0 saturated heterocycles. The molecule has 3 atom stereocenters. The third-order valence-electron chi connectivity index (χ3n) is 4.07. The quantitative estimate of drug-likeness (QED) is 0.747. The molecule has 2 rings (SSSR count). The van der Waals surface area contributed by atoms with Gasteiger partial charge in [-0.1, -0.05) is 20.3 Å². The highest BCUT2D eigenvalue weighted by atomic mass is 79.9. The van der Waals surface area contributed by atoms with Crippen molar-refractivity contribution in [3.8, 4) is 0 Å². The Labute approximate surface area is 123 Å². The molecule has 1 aliphatic carbocycles. The fourth-order valence-electron chi connectivity index (χ4n) is 3.04. The molecule has 102 valence electrons. The molecule has 1 aliphatic rings. The highest BCUT2D eigenvalue weighted by Gasteiger charge is 2.31. The zero-order valence-corrected chi connectivity index (χ0v) is 13.8. The van der Waals surface area contributed by atoms with Gasteiger partial charge in [0, 0.05) is 9.35 Å². The van der Waals surface area contributed by atoms with Crippen LogP contribution in [0.1, 0.15) is 50.3 Å². The predicted molar refractivity (Wildman–Crippen MR) is 84.4 cm³/mol. The topological polar surface area (TPSA) is 12.0 Å². The standard InChI is InChI=1S/C15H24BrNS/c1-3-7-17-10-12-5-4-11(2)9-13(12)15-14(16)6-8-18-15/h6,8,11-13,17H,3-5,7,9-10H2,1-2H3. The monoisotopic (exact) mass is 329 g/mol. The van der Waals surface area contributed by atoms with Gasteiger partial charge in [0.2, 0.25) is 0 Å². The van der Waals surface area contributed by atoms with Crippen LogP contribution in [0.4, 0.5) is 0 Å². The molecule has 0 amide bonds. The number of thiophene rings is 1. The minimum atomic E-state index is 0.757. The highest BCUT2D eigenvalue weighted by molar-refractivity contribution is 9.10. The van der Waals surface area contributed by atoms with Crippen LogP contribution in [0.15, 0.2) is 15.9 Å². The van der Waals surface area contributed by atoms with Gasteiger partial charge in [0.25, 0.3) is 0 Å². The third-order valence-corrected chi connectivity index (χ3v) is 6.07. The van der Waals surface area contributed by atoms with Crippen LogP contribution in [0, 0.1) is 11.8 Å². The molecule has 1 nitrogen and oxygen atoms in total. The van der Waals surface area contributed by atoms with Crippen LogP contribution in [-0.4, -0.2) is 13.1 Å². The Hall–Kier alpha value is 0.140. The van der Waals surface area contributed by atoms with Gasteiger partial charge in [0.05, 0.1) is 0 Å². The first-order valence-electron chi connectivity index (χ1n) is 7.16. The van der Waals surface area contributed by atoms with Crippen molar-refractivity contribution >= 4 is 27.3 Å². The smallest absolute Gasteiger partial charge is 0.0317 e. The van der Waals surface area contributed by atoms with Crippen molar-refractivity contribution in [3.05, 3.63) is 20.8 Å². The maximum absolute atomic E-state index is 3.72. The molecule has 1 fully saturated rings. The zero-order valence-electron chi connectivity index (χ0n) is 11.4. The van der Waals surface area contributed by atoms with Crippen molar-refractivity contribution in [2.24, 2.45) is 11.8 Å². The molecule has 0 bridgehead atoms. The van der Waals surface area contributed by atoms with E-state index in [4.69, 9.17) is 0 Å². The van der Waals surface area contributed by atoms with Gasteiger partial charge in [0.1, 0.15) is 0 Å². The SMILES string of the molecule is CCCNCC1CCC(C)CC1c1sccc1Br. The van der Waals surface area contributed by atoms with Crippen LogP contribution in [0.5, 0.6) is 0 Å². The molecular weight excluding hydrogens is 306 g/mol. The summed E-state index contributed by atoms with van der Waals surface area (Å²) in [5, 5.41) is 5.84. The maximum atomic E-state index is 3.72. The summed E-state index contributed by atoms with van der Waals surface area (Å²) in [7, 11) is 0. The van der Waals surface area contributed by atoms with Crippen LogP contribution in [0.25, 0.3) is 0 Å². The Kier molecular flexibility index (Phi) is 5.71. The number of rotatable bonds is 5. The van der Waals surface area contributed by atoms with E-state index in [-0.39, 0.29) is 0 Å². The van der Waals surface area contributed by atoms with Gasteiger partial charge in [-0.3, -0.25) is 0 Å². The van der Waals surface area contributed by atoms with Gasteiger partial charge >= 0.3 is 0 Å². The normalized spacial score (nSPS) is 28.5. The predicted octanol–water partition coefficient (Wildman–Crippen LogP) is 5.03. The first-order chi connectivity index (χ1) is 8.72. The second-order valence-corrected chi connectivity index (χ2v) is 7.42. The number of halogens is 1. The second-order valence-electron chi connectivity index (χ2n) is 5.62. The lowest BCUT2D eigenvalue weighted by Crippen LogP contribution is -2.31. The van der Waals surface area contributed by atoms with E-state index >= 15 is 0 Å². The van der Waals surface area contributed by atoms with E-state index in [1.54, 1.807) is 4.88 Å². The molecule has 1 N–H and O–H groups in total. The average Bonchev–Trinajstić information content (AvgIpc) is 2.77. The second kappa shape index (κ2) is 7.06. The van der Waals surface area contributed by atoms with Gasteiger partial charge in [-0.05, 0) is 77.5 Å². The van der Waals surface area contributed by atoms with E-state index in [9.17, 15) is 0 Å². The fraction of sp³-hybridized carbons (Fsp3) is 0.733. The lowest BCUT2D eigenvalue weighted by molar-refractivity contribution is 0.244. The maximum Gasteiger partial charge on any atom is 0.0317 e. The molecule has 0 spiro atoms. The Morgan fingerprint density at radius 3 is 2.94 bits per heavy atom. The van der Waals surface area contributed by atoms with E-state index in [1.165, 1.54) is 36.7 Å². The minimum Gasteiger partial charge on any atom is -0.316 e. The Morgan fingerprint density at radius 2 is 2.28 bits per heavy atom. The lowest BCUT2D eigenvalue weighted by Gasteiger charge is -2.35. The van der Waals surface area contributed by atoms with Crippen molar-refractivity contribution in [1.29, 1.82) is 0 Å². The van der Waals surface area contributed by atoms with Crippen molar-refractivity contribution in [2.45, 2.75) is 45.4 Å². The molecule has 0 aliphatic heterocycles. The minimum absolute atomic E-state index is 0.757. The summed E-state index contributed by atoms with van der Waals surface area (Å²) in [6.07, 6.45) is 5.37. The van der Waals surface area contributed by atoms with Crippen LogP contribution in [0.3, 0.4) is 0 Å². The molecule has 1 aromatic heterocycles. The molecule has 1 aromatic rings. The molecule has 1 saturated carbocycles. The van der Waals surface area contributed by atoms with Crippen LogP contribution < -0.4 is 5.32 Å². The Morgan fingerprint density at radius 1 is 1.44 bits per heavy atom. The summed E-state index contributed by atoms with van der Waals surface area (Å²) in [4.78, 5) is 1.57. The van der Waals surface area contributed by atoms with Gasteiger partial charge < -0.3 is 5.32 Å². The van der Waals surface area contributed by atoms with Gasteiger partial charge in [-0.25, -0.2) is 0 Å². The van der Waals surface area contributed by atoms with Crippen molar-refractivity contribution in [1.82, 2.24) is 5.32 Å². The van der Waals surface area contributed by atoms with Crippen LogP contribution in [0.2, 0.25) is 0 Å². The van der Waals surface area contributed by atoms with E-state index in [2.05, 4.69) is 46.5 Å². The van der Waals surface area contributed by atoms with Crippen molar-refractivity contribution in [2.75, 3.05) is 13.1 Å². The first-order valence-corrected chi connectivity index (χ1v) is 8.83. The van der Waals surface area contributed by atoms with E-state index in [0.29, 0.717) is 0 Å². The third kappa shape index (κ3) is 3.58. The van der Waals surface area contributed by atoms with Gasteiger partial charge in [-0.2, -0.15) is 0 Å². The van der Waals surface area contributed by atoms with Gasteiger partial charge in [-0.15, -0.1) is 11.3 Å². The van der Waals surface area contributed by atoms with Crippen LogP contribution >= 0.6 is 27.3 Å². The summed E-state index contributed by atoms with van der Waals surface area (Å²) in [6.45, 7) is 6.99. The first kappa shape index (κ1) is 14.5. The molecule has 0 radical (unpaired) electrons. The highest BCUT2D eigenvalue weighted by Crippen LogP contribution is 2.44.